The van der Waals surface area contributed by atoms with Crippen molar-refractivity contribution >= 4 is 11.6 Å². The molecular formula is C13H22N4O. The van der Waals surface area contributed by atoms with Gasteiger partial charge >= 0.3 is 0 Å². The average molecular weight is 250 g/mol. The van der Waals surface area contributed by atoms with Gasteiger partial charge in [0.1, 0.15) is 6.33 Å². The molecule has 0 saturated heterocycles. The first-order chi connectivity index (χ1) is 8.74. The van der Waals surface area contributed by atoms with E-state index < -0.39 is 0 Å². The lowest BCUT2D eigenvalue weighted by Gasteiger charge is -2.34. The molecule has 0 aliphatic heterocycles. The fourth-order valence-corrected chi connectivity index (χ4v) is 2.25. The number of nitrogens with one attached hydrogen (secondary N) is 2. The number of hydrogen-bond acceptors (Lipinski definition) is 5. The van der Waals surface area contributed by atoms with Crippen LogP contribution in [0.15, 0.2) is 6.33 Å². The minimum absolute atomic E-state index is 0.517. The summed E-state index contributed by atoms with van der Waals surface area (Å²) >= 11 is 0. The SMILES string of the molecule is CCCNc1ncnc(NC2CC(C)C2)c1OC. The molecule has 2 rings (SSSR count). The zero-order valence-corrected chi connectivity index (χ0v) is 11.4. The molecule has 0 aromatic carbocycles. The lowest BCUT2D eigenvalue weighted by molar-refractivity contribution is 0.307. The first kappa shape index (κ1) is 12.9. The van der Waals surface area contributed by atoms with Crippen LogP contribution in [0.5, 0.6) is 5.75 Å². The van der Waals surface area contributed by atoms with Gasteiger partial charge in [0.25, 0.3) is 0 Å². The number of nitrogens with zero attached hydrogens (tertiary/aromatic N) is 2. The summed E-state index contributed by atoms with van der Waals surface area (Å²) in [7, 11) is 1.66. The Morgan fingerprint density at radius 2 is 2.06 bits per heavy atom. The van der Waals surface area contributed by atoms with Gasteiger partial charge in [-0.15, -0.1) is 0 Å². The monoisotopic (exact) mass is 250 g/mol. The van der Waals surface area contributed by atoms with Crippen molar-refractivity contribution in [3.63, 3.8) is 0 Å². The van der Waals surface area contributed by atoms with E-state index in [9.17, 15) is 0 Å². The molecule has 0 amide bonds. The summed E-state index contributed by atoms with van der Waals surface area (Å²) in [6, 6.07) is 0.517. The Labute approximate surface area is 108 Å². The first-order valence-corrected chi connectivity index (χ1v) is 6.64. The molecule has 0 bridgehead atoms. The van der Waals surface area contributed by atoms with Crippen molar-refractivity contribution in [2.75, 3.05) is 24.3 Å². The van der Waals surface area contributed by atoms with Crippen LogP contribution in [0.4, 0.5) is 11.6 Å². The number of hydrogen-bond donors (Lipinski definition) is 2. The predicted octanol–water partition coefficient (Wildman–Crippen LogP) is 2.52. The molecular weight excluding hydrogens is 228 g/mol. The van der Waals surface area contributed by atoms with Gasteiger partial charge in [0.2, 0.25) is 5.75 Å². The third-order valence-electron chi connectivity index (χ3n) is 3.27. The molecule has 1 aliphatic carbocycles. The summed E-state index contributed by atoms with van der Waals surface area (Å²) in [6.07, 6.45) is 5.02. The van der Waals surface area contributed by atoms with Crippen LogP contribution in [-0.2, 0) is 0 Å². The number of rotatable bonds is 6. The maximum atomic E-state index is 5.42. The predicted molar refractivity (Wildman–Crippen MR) is 73.2 cm³/mol. The molecule has 0 unspecified atom stereocenters. The molecule has 1 aromatic rings. The van der Waals surface area contributed by atoms with E-state index in [0.717, 1.165) is 30.5 Å². The van der Waals surface area contributed by atoms with E-state index >= 15 is 0 Å². The summed E-state index contributed by atoms with van der Waals surface area (Å²) in [5, 5.41) is 6.69. The molecule has 2 N–H and O–H groups in total. The minimum Gasteiger partial charge on any atom is -0.490 e. The van der Waals surface area contributed by atoms with E-state index in [1.165, 1.54) is 12.8 Å². The summed E-state index contributed by atoms with van der Waals surface area (Å²) in [5.41, 5.74) is 0. The Bertz CT molecular complexity index is 391. The minimum atomic E-state index is 0.517. The largest absolute Gasteiger partial charge is 0.490 e. The molecule has 1 saturated carbocycles. The fraction of sp³-hybridized carbons (Fsp3) is 0.692. The van der Waals surface area contributed by atoms with Crippen LogP contribution in [0.2, 0.25) is 0 Å². The van der Waals surface area contributed by atoms with E-state index in [1.807, 2.05) is 0 Å². The van der Waals surface area contributed by atoms with Crippen LogP contribution in [0.3, 0.4) is 0 Å². The summed E-state index contributed by atoms with van der Waals surface area (Å²) in [5.74, 6) is 3.09. The van der Waals surface area contributed by atoms with Gasteiger partial charge in [-0.25, -0.2) is 9.97 Å². The van der Waals surface area contributed by atoms with Crippen LogP contribution in [0, 0.1) is 5.92 Å². The van der Waals surface area contributed by atoms with Crippen LogP contribution in [0.25, 0.3) is 0 Å². The van der Waals surface area contributed by atoms with Crippen molar-refractivity contribution in [2.45, 2.75) is 39.2 Å². The van der Waals surface area contributed by atoms with Crippen LogP contribution >= 0.6 is 0 Å². The van der Waals surface area contributed by atoms with E-state index in [-0.39, 0.29) is 0 Å². The van der Waals surface area contributed by atoms with Gasteiger partial charge in [-0.3, -0.25) is 0 Å². The molecule has 0 radical (unpaired) electrons. The van der Waals surface area contributed by atoms with Gasteiger partial charge in [-0.05, 0) is 25.2 Å². The number of anilines is 2. The maximum absolute atomic E-state index is 5.42. The van der Waals surface area contributed by atoms with Crippen molar-refractivity contribution in [1.29, 1.82) is 0 Å². The summed E-state index contributed by atoms with van der Waals surface area (Å²) in [4.78, 5) is 8.50. The van der Waals surface area contributed by atoms with Gasteiger partial charge < -0.3 is 15.4 Å². The number of methoxy groups -OCH3 is 1. The Balaban J connectivity index is 2.08. The summed E-state index contributed by atoms with van der Waals surface area (Å²) < 4.78 is 5.42. The Hall–Kier alpha value is -1.52. The highest BCUT2D eigenvalue weighted by molar-refractivity contribution is 5.63. The Morgan fingerprint density at radius 1 is 1.33 bits per heavy atom. The average Bonchev–Trinajstić information content (AvgIpc) is 2.34. The van der Waals surface area contributed by atoms with E-state index in [1.54, 1.807) is 13.4 Å². The maximum Gasteiger partial charge on any atom is 0.204 e. The number of aromatic nitrogens is 2. The lowest BCUT2D eigenvalue weighted by atomic mass is 9.82. The molecule has 1 fully saturated rings. The molecule has 1 heterocycles. The van der Waals surface area contributed by atoms with Crippen LogP contribution < -0.4 is 15.4 Å². The van der Waals surface area contributed by atoms with Gasteiger partial charge in [0, 0.05) is 12.6 Å². The van der Waals surface area contributed by atoms with Crippen LogP contribution in [0.1, 0.15) is 33.1 Å². The first-order valence-electron chi connectivity index (χ1n) is 6.64. The smallest absolute Gasteiger partial charge is 0.204 e. The zero-order valence-electron chi connectivity index (χ0n) is 11.4. The second-order valence-corrected chi connectivity index (χ2v) is 4.95. The van der Waals surface area contributed by atoms with Crippen molar-refractivity contribution < 1.29 is 4.74 Å². The normalized spacial score (nSPS) is 22.2. The van der Waals surface area contributed by atoms with Crippen LogP contribution in [-0.4, -0.2) is 29.7 Å². The van der Waals surface area contributed by atoms with E-state index in [2.05, 4.69) is 34.4 Å². The molecule has 5 heteroatoms. The Kier molecular flexibility index (Phi) is 4.23. The van der Waals surface area contributed by atoms with Gasteiger partial charge in [-0.1, -0.05) is 13.8 Å². The van der Waals surface area contributed by atoms with Gasteiger partial charge in [0.15, 0.2) is 11.6 Å². The highest BCUT2D eigenvalue weighted by atomic mass is 16.5. The highest BCUT2D eigenvalue weighted by Crippen LogP contribution is 2.34. The fourth-order valence-electron chi connectivity index (χ4n) is 2.25. The molecule has 5 nitrogen and oxygen atoms in total. The molecule has 100 valence electrons. The molecule has 0 spiro atoms. The van der Waals surface area contributed by atoms with Crippen molar-refractivity contribution in [2.24, 2.45) is 5.92 Å². The van der Waals surface area contributed by atoms with E-state index in [0.29, 0.717) is 11.8 Å². The molecule has 1 aromatic heterocycles. The lowest BCUT2D eigenvalue weighted by Crippen LogP contribution is -2.34. The Morgan fingerprint density at radius 3 is 2.67 bits per heavy atom. The number of ether oxygens (including phenoxy) is 1. The topological polar surface area (TPSA) is 59.1 Å². The second kappa shape index (κ2) is 5.89. The molecule has 1 aliphatic rings. The second-order valence-electron chi connectivity index (χ2n) is 4.95. The third-order valence-corrected chi connectivity index (χ3v) is 3.27. The molecule has 18 heavy (non-hydrogen) atoms. The highest BCUT2D eigenvalue weighted by Gasteiger charge is 2.26. The van der Waals surface area contributed by atoms with Crippen molar-refractivity contribution in [3.8, 4) is 5.75 Å². The van der Waals surface area contributed by atoms with Gasteiger partial charge in [0.05, 0.1) is 7.11 Å². The van der Waals surface area contributed by atoms with Crippen molar-refractivity contribution in [1.82, 2.24) is 9.97 Å². The molecule has 0 atom stereocenters. The zero-order chi connectivity index (χ0) is 13.0. The standard InChI is InChI=1S/C13H22N4O/c1-4-5-14-12-11(18-3)13(16-8-15-12)17-10-6-9(2)7-10/h8-10H,4-7H2,1-3H3,(H2,14,15,16,17). The van der Waals surface area contributed by atoms with Gasteiger partial charge in [-0.2, -0.15) is 0 Å². The summed E-state index contributed by atoms with van der Waals surface area (Å²) in [6.45, 7) is 5.27. The van der Waals surface area contributed by atoms with E-state index in [4.69, 9.17) is 4.74 Å². The quantitative estimate of drug-likeness (QED) is 0.812. The van der Waals surface area contributed by atoms with Crippen molar-refractivity contribution in [3.05, 3.63) is 6.33 Å². The third kappa shape index (κ3) is 2.83.